The molecule has 0 saturated heterocycles. The van der Waals surface area contributed by atoms with Crippen LogP contribution in [-0.4, -0.2) is 20.9 Å². The van der Waals surface area contributed by atoms with Crippen molar-refractivity contribution in [1.29, 1.82) is 0 Å². The summed E-state index contributed by atoms with van der Waals surface area (Å²) < 4.78 is 0. The molecular weight excluding hydrogens is 324 g/mol. The van der Waals surface area contributed by atoms with Gasteiger partial charge in [0.1, 0.15) is 0 Å². The zero-order valence-electron chi connectivity index (χ0n) is 12.8. The van der Waals surface area contributed by atoms with E-state index in [4.69, 9.17) is 0 Å². The molecule has 124 valence electrons. The first-order valence-corrected chi connectivity index (χ1v) is 7.22. The first kappa shape index (κ1) is 16.1. The average molecular weight is 336 g/mol. The summed E-state index contributed by atoms with van der Waals surface area (Å²) in [5.41, 5.74) is 1.10. The molecule has 1 aromatic heterocycles. The average Bonchev–Trinajstić information content (AvgIpc) is 2.93. The molecule has 0 aliphatic carbocycles. The fraction of sp³-hybridized carbons (Fsp3) is 0. The van der Waals surface area contributed by atoms with E-state index in [1.807, 2.05) is 30.3 Å². The minimum Gasteiger partial charge on any atom is -0.493 e. The third-order valence-corrected chi connectivity index (χ3v) is 3.41. The maximum atomic E-state index is 11.8. The number of aromatic hydroxyl groups is 1. The van der Waals surface area contributed by atoms with E-state index < -0.39 is 10.8 Å². The summed E-state index contributed by atoms with van der Waals surface area (Å²) in [6.07, 6.45) is 2.83. The first-order valence-electron chi connectivity index (χ1n) is 7.22. The zero-order valence-corrected chi connectivity index (χ0v) is 12.8. The molecule has 0 bridgehead atoms. The molecule has 1 amide bonds. The van der Waals surface area contributed by atoms with E-state index in [-0.39, 0.29) is 17.3 Å². The highest BCUT2D eigenvalue weighted by Crippen LogP contribution is 2.37. The summed E-state index contributed by atoms with van der Waals surface area (Å²) in [7, 11) is 0. The summed E-state index contributed by atoms with van der Waals surface area (Å²) in [4.78, 5) is 24.7. The van der Waals surface area contributed by atoms with Gasteiger partial charge in [0.25, 0.3) is 11.6 Å². The molecule has 0 atom stereocenters. The lowest BCUT2D eigenvalue weighted by Crippen LogP contribution is -1.86. The number of azo groups is 1. The van der Waals surface area contributed by atoms with Crippen LogP contribution in [0.25, 0.3) is 17.0 Å². The number of aromatic amines is 1. The van der Waals surface area contributed by atoms with Gasteiger partial charge >= 0.3 is 0 Å². The second-order valence-electron chi connectivity index (χ2n) is 5.09. The topological polar surface area (TPSA) is 121 Å². The summed E-state index contributed by atoms with van der Waals surface area (Å²) in [6, 6.07) is 13.2. The number of rotatable bonds is 4. The van der Waals surface area contributed by atoms with Crippen molar-refractivity contribution in [3.8, 4) is 5.88 Å². The van der Waals surface area contributed by atoms with Crippen molar-refractivity contribution in [2.45, 2.75) is 0 Å². The van der Waals surface area contributed by atoms with Crippen molar-refractivity contribution < 1.29 is 14.8 Å². The number of nitro groups is 1. The standard InChI is InChI=1S/C17H12N4O4/c22-15(9-6-11-4-2-1-3-5-11)19-20-16-13-10-12(21(24)25)7-8-14(13)18-17(16)23/h1-10,18,23H/b9-6+,20-19?. The summed E-state index contributed by atoms with van der Waals surface area (Å²) in [5.74, 6) is -0.942. The second-order valence-corrected chi connectivity index (χ2v) is 5.09. The van der Waals surface area contributed by atoms with Crippen LogP contribution < -0.4 is 0 Å². The SMILES string of the molecule is O=C(/C=C/c1ccccc1)N=Nc1c(O)[nH]c2ccc([N+](=O)[O-])cc12. The molecule has 0 unspecified atom stereocenters. The smallest absolute Gasteiger partial charge is 0.288 e. The van der Waals surface area contributed by atoms with E-state index in [1.165, 1.54) is 24.3 Å². The van der Waals surface area contributed by atoms with E-state index in [9.17, 15) is 20.0 Å². The molecule has 0 radical (unpaired) electrons. The number of aromatic nitrogens is 1. The van der Waals surface area contributed by atoms with Gasteiger partial charge in [-0.2, -0.15) is 0 Å². The van der Waals surface area contributed by atoms with Crippen LogP contribution in [0.3, 0.4) is 0 Å². The number of non-ortho nitro benzene ring substituents is 1. The van der Waals surface area contributed by atoms with Crippen molar-refractivity contribution in [3.05, 3.63) is 70.3 Å². The second kappa shape index (κ2) is 6.75. The number of nitro benzene ring substituents is 1. The maximum absolute atomic E-state index is 11.8. The molecule has 2 N–H and O–H groups in total. The Morgan fingerprint density at radius 2 is 1.96 bits per heavy atom. The van der Waals surface area contributed by atoms with Crippen LogP contribution in [0, 0.1) is 10.1 Å². The predicted octanol–water partition coefficient (Wildman–Crippen LogP) is 4.11. The van der Waals surface area contributed by atoms with E-state index in [2.05, 4.69) is 15.2 Å². The number of carbonyl (C=O) groups excluding carboxylic acids is 1. The van der Waals surface area contributed by atoms with Crippen molar-refractivity contribution >= 4 is 34.3 Å². The molecule has 0 aliphatic rings. The van der Waals surface area contributed by atoms with Crippen molar-refractivity contribution in [1.82, 2.24) is 4.98 Å². The van der Waals surface area contributed by atoms with Crippen LogP contribution in [0.4, 0.5) is 11.4 Å². The highest BCUT2D eigenvalue weighted by molar-refractivity contribution is 5.96. The summed E-state index contributed by atoms with van der Waals surface area (Å²) in [6.45, 7) is 0. The lowest BCUT2D eigenvalue weighted by Gasteiger charge is -1.93. The Labute approximate surface area is 141 Å². The fourth-order valence-electron chi connectivity index (χ4n) is 2.23. The monoisotopic (exact) mass is 336 g/mol. The Balaban J connectivity index is 1.86. The van der Waals surface area contributed by atoms with Gasteiger partial charge in [-0.3, -0.25) is 14.9 Å². The van der Waals surface area contributed by atoms with Crippen molar-refractivity contribution in [2.75, 3.05) is 0 Å². The highest BCUT2D eigenvalue weighted by atomic mass is 16.6. The van der Waals surface area contributed by atoms with Gasteiger partial charge in [-0.1, -0.05) is 30.3 Å². The Hall–Kier alpha value is -3.81. The fourth-order valence-corrected chi connectivity index (χ4v) is 2.23. The molecule has 8 nitrogen and oxygen atoms in total. The van der Waals surface area contributed by atoms with Gasteiger partial charge in [-0.05, 0) is 17.7 Å². The Kier molecular flexibility index (Phi) is 4.34. The number of carbonyl (C=O) groups is 1. The van der Waals surface area contributed by atoms with Crippen molar-refractivity contribution in [3.63, 3.8) is 0 Å². The molecule has 0 aliphatic heterocycles. The molecule has 8 heteroatoms. The van der Waals surface area contributed by atoms with E-state index in [0.29, 0.717) is 10.9 Å². The van der Waals surface area contributed by atoms with E-state index in [0.717, 1.165) is 5.56 Å². The minimum atomic E-state index is -0.622. The molecule has 3 aromatic rings. The van der Waals surface area contributed by atoms with Crippen molar-refractivity contribution in [2.24, 2.45) is 10.2 Å². The number of nitrogens with zero attached hydrogens (tertiary/aromatic N) is 3. The van der Waals surface area contributed by atoms with Gasteiger partial charge in [0.2, 0.25) is 5.88 Å². The number of hydrogen-bond acceptors (Lipinski definition) is 5. The minimum absolute atomic E-state index is 0.0276. The normalized spacial score (nSPS) is 11.5. The van der Waals surface area contributed by atoms with Gasteiger partial charge in [-0.15, -0.1) is 10.2 Å². The molecule has 2 aromatic carbocycles. The third kappa shape index (κ3) is 3.58. The number of H-pyrrole nitrogens is 1. The largest absolute Gasteiger partial charge is 0.493 e. The molecule has 1 heterocycles. The predicted molar refractivity (Wildman–Crippen MR) is 91.6 cm³/mol. The number of nitrogens with one attached hydrogen (secondary N) is 1. The van der Waals surface area contributed by atoms with Crippen LogP contribution in [-0.2, 0) is 4.79 Å². The van der Waals surface area contributed by atoms with Crippen LogP contribution in [0.2, 0.25) is 0 Å². The lowest BCUT2D eigenvalue weighted by molar-refractivity contribution is -0.384. The van der Waals surface area contributed by atoms with Crippen LogP contribution in [0.15, 0.2) is 64.8 Å². The highest BCUT2D eigenvalue weighted by Gasteiger charge is 2.15. The quantitative estimate of drug-likeness (QED) is 0.322. The molecule has 25 heavy (non-hydrogen) atoms. The third-order valence-electron chi connectivity index (χ3n) is 3.41. The van der Waals surface area contributed by atoms with Gasteiger partial charge in [-0.25, -0.2) is 0 Å². The van der Waals surface area contributed by atoms with Gasteiger partial charge in [0, 0.05) is 23.6 Å². The summed E-state index contributed by atoms with van der Waals surface area (Å²) in [5, 5.41) is 28.3. The van der Waals surface area contributed by atoms with Gasteiger partial charge < -0.3 is 10.1 Å². The Morgan fingerprint density at radius 3 is 2.68 bits per heavy atom. The van der Waals surface area contributed by atoms with E-state index in [1.54, 1.807) is 6.08 Å². The van der Waals surface area contributed by atoms with Crippen LogP contribution in [0.5, 0.6) is 5.88 Å². The lowest BCUT2D eigenvalue weighted by atomic mass is 10.2. The number of fused-ring (bicyclic) bond motifs is 1. The molecule has 3 rings (SSSR count). The van der Waals surface area contributed by atoms with E-state index >= 15 is 0 Å². The zero-order chi connectivity index (χ0) is 17.8. The number of benzene rings is 2. The van der Waals surface area contributed by atoms with Gasteiger partial charge in [0.15, 0.2) is 5.69 Å². The van der Waals surface area contributed by atoms with Gasteiger partial charge in [0.05, 0.1) is 10.4 Å². The first-order chi connectivity index (χ1) is 12.0. The molecule has 0 saturated carbocycles. The van der Waals surface area contributed by atoms with Crippen LogP contribution >= 0.6 is 0 Å². The number of hydrogen-bond donors (Lipinski definition) is 2. The van der Waals surface area contributed by atoms with Crippen LogP contribution in [0.1, 0.15) is 5.56 Å². The molecule has 0 spiro atoms. The maximum Gasteiger partial charge on any atom is 0.288 e. The Bertz CT molecular complexity index is 1010. The number of amides is 1. The molecular formula is C17H12N4O4. The Morgan fingerprint density at radius 1 is 1.20 bits per heavy atom. The molecule has 0 fully saturated rings. The summed E-state index contributed by atoms with van der Waals surface area (Å²) >= 11 is 0.